The SMILES string of the molecule is CCCCCCCCCCCCCCCCCCCCCCCCCCCCCCCC/C=C/C(O)C(COP(=O)([O-])OCC[N+](C)(C)C)NC(=O)CCCCCCCCCCCCCCCCCCCCCCCCCCCCCCCCCCCC. The number of amides is 1. The van der Waals surface area contributed by atoms with E-state index in [0.29, 0.717) is 17.4 Å². The van der Waals surface area contributed by atoms with Gasteiger partial charge in [0.05, 0.1) is 39.9 Å². The maximum atomic E-state index is 13.1. The highest BCUT2D eigenvalue weighted by Crippen LogP contribution is 2.38. The van der Waals surface area contributed by atoms with Crippen LogP contribution in [0.25, 0.3) is 0 Å². The molecule has 1 amide bonds. The fourth-order valence-electron chi connectivity index (χ4n) is 12.8. The van der Waals surface area contributed by atoms with Crippen LogP contribution in [-0.4, -0.2) is 68.5 Å². The van der Waals surface area contributed by atoms with E-state index in [1.54, 1.807) is 6.08 Å². The second-order valence-corrected chi connectivity index (χ2v) is 30.6. The van der Waals surface area contributed by atoms with E-state index in [1.807, 2.05) is 27.2 Å². The zero-order valence-corrected chi connectivity index (χ0v) is 61.4. The second-order valence-electron chi connectivity index (χ2n) is 29.1. The molecule has 0 fully saturated rings. The molecule has 0 aliphatic carbocycles. The van der Waals surface area contributed by atoms with Gasteiger partial charge in [-0.15, -0.1) is 0 Å². The number of phosphoric ester groups is 1. The van der Waals surface area contributed by atoms with Gasteiger partial charge >= 0.3 is 0 Å². The van der Waals surface area contributed by atoms with Crippen LogP contribution in [0.15, 0.2) is 12.2 Å². The Bertz CT molecular complexity index is 1440. The van der Waals surface area contributed by atoms with Gasteiger partial charge in [-0.25, -0.2) is 0 Å². The van der Waals surface area contributed by atoms with Crippen LogP contribution >= 0.6 is 7.82 Å². The largest absolute Gasteiger partial charge is 0.756 e. The molecule has 0 saturated carbocycles. The zero-order chi connectivity index (χ0) is 64.1. The summed E-state index contributed by atoms with van der Waals surface area (Å²) in [5, 5.41) is 14.0. The van der Waals surface area contributed by atoms with Gasteiger partial charge < -0.3 is 28.8 Å². The van der Waals surface area contributed by atoms with E-state index >= 15 is 0 Å². The first-order valence-corrected chi connectivity index (χ1v) is 41.5. The molecule has 0 saturated heterocycles. The number of phosphoric acid groups is 1. The Morgan fingerprint density at radius 2 is 0.614 bits per heavy atom. The molecule has 9 heteroatoms. The van der Waals surface area contributed by atoms with Gasteiger partial charge in [0, 0.05) is 6.42 Å². The van der Waals surface area contributed by atoms with Crippen LogP contribution in [0.1, 0.15) is 438 Å². The van der Waals surface area contributed by atoms with Crippen LogP contribution in [0.4, 0.5) is 0 Å². The van der Waals surface area contributed by atoms with Crippen LogP contribution in [0, 0.1) is 0 Å². The first-order chi connectivity index (χ1) is 43.0. The van der Waals surface area contributed by atoms with Crippen molar-refractivity contribution in [1.29, 1.82) is 0 Å². The first kappa shape index (κ1) is 87.2. The highest BCUT2D eigenvalue weighted by atomic mass is 31.2. The standard InChI is InChI=1S/C79H159N2O6P/c1-6-8-10-12-14-16-18-20-22-24-26-28-30-32-34-36-38-40-41-43-45-47-49-51-53-55-57-59-61-63-65-67-69-71-73-79(83)80-77(76-87-88(84,85)86-75-74-81(3,4)5)78(82)72-70-68-66-64-62-60-58-56-54-52-50-48-46-44-42-39-37-35-33-31-29-27-25-23-21-19-17-15-13-11-9-7-2/h70,72,77-78,82H,6-69,71,73-76H2,1-5H3,(H-,80,83,84,85)/b72-70+. The van der Waals surface area contributed by atoms with Gasteiger partial charge in [-0.2, -0.15) is 0 Å². The van der Waals surface area contributed by atoms with E-state index < -0.39 is 20.0 Å². The number of quaternary nitrogens is 1. The number of nitrogens with zero attached hydrogens (tertiary/aromatic N) is 1. The van der Waals surface area contributed by atoms with Crippen LogP contribution in [-0.2, 0) is 18.4 Å². The molecule has 0 radical (unpaired) electrons. The average molecular weight is 1260 g/mol. The summed E-state index contributed by atoms with van der Waals surface area (Å²) in [7, 11) is 1.29. The summed E-state index contributed by atoms with van der Waals surface area (Å²) in [6, 6.07) is -0.885. The van der Waals surface area contributed by atoms with Crippen LogP contribution in [0.2, 0.25) is 0 Å². The summed E-state index contributed by atoms with van der Waals surface area (Å²) in [6.45, 7) is 4.74. The lowest BCUT2D eigenvalue weighted by Crippen LogP contribution is -2.45. The van der Waals surface area contributed by atoms with Crippen molar-refractivity contribution in [3.8, 4) is 0 Å². The average Bonchev–Trinajstić information content (AvgIpc) is 3.71. The van der Waals surface area contributed by atoms with Crippen molar-refractivity contribution in [3.05, 3.63) is 12.2 Å². The summed E-state index contributed by atoms with van der Waals surface area (Å²) in [4.78, 5) is 25.7. The molecule has 0 aromatic heterocycles. The molecule has 3 atom stereocenters. The molecule has 2 N–H and O–H groups in total. The van der Waals surface area contributed by atoms with E-state index in [2.05, 4.69) is 19.2 Å². The Labute approximate surface area is 552 Å². The molecular weight excluding hydrogens is 1100 g/mol. The Balaban J connectivity index is 3.93. The molecule has 0 aromatic rings. The normalized spacial score (nSPS) is 13.5. The number of allylic oxidation sites excluding steroid dienone is 1. The third kappa shape index (κ3) is 72.7. The topological polar surface area (TPSA) is 108 Å². The molecule has 0 aromatic carbocycles. The lowest BCUT2D eigenvalue weighted by Gasteiger charge is -2.29. The second kappa shape index (κ2) is 70.6. The maximum absolute atomic E-state index is 13.1. The smallest absolute Gasteiger partial charge is 0.268 e. The van der Waals surface area contributed by atoms with Gasteiger partial charge in [0.25, 0.3) is 7.82 Å². The Morgan fingerprint density at radius 3 is 0.852 bits per heavy atom. The van der Waals surface area contributed by atoms with Gasteiger partial charge in [-0.05, 0) is 19.3 Å². The third-order valence-corrected chi connectivity index (χ3v) is 20.0. The number of nitrogens with one attached hydrogen (secondary N) is 1. The molecule has 3 unspecified atom stereocenters. The summed E-state index contributed by atoms with van der Waals surface area (Å²) < 4.78 is 23.5. The Hall–Kier alpha value is -0.760. The summed E-state index contributed by atoms with van der Waals surface area (Å²) in [6.07, 6.45) is 92.4. The molecule has 0 rings (SSSR count). The molecule has 0 spiro atoms. The van der Waals surface area contributed by atoms with Crippen molar-refractivity contribution < 1.29 is 32.9 Å². The molecular formula is C79H159N2O6P. The van der Waals surface area contributed by atoms with Gasteiger partial charge in [-0.1, -0.05) is 424 Å². The molecule has 0 bridgehead atoms. The first-order valence-electron chi connectivity index (χ1n) is 40.1. The summed E-state index contributed by atoms with van der Waals surface area (Å²) in [5.41, 5.74) is 0. The minimum atomic E-state index is -4.60. The van der Waals surface area contributed by atoms with Crippen LogP contribution < -0.4 is 10.2 Å². The summed E-state index contributed by atoms with van der Waals surface area (Å²) >= 11 is 0. The van der Waals surface area contributed by atoms with Crippen molar-refractivity contribution in [3.63, 3.8) is 0 Å². The van der Waals surface area contributed by atoms with Gasteiger partial charge in [0.2, 0.25) is 5.91 Å². The van der Waals surface area contributed by atoms with Crippen molar-refractivity contribution in [2.75, 3.05) is 40.9 Å². The van der Waals surface area contributed by atoms with Crippen molar-refractivity contribution in [2.24, 2.45) is 0 Å². The van der Waals surface area contributed by atoms with E-state index in [0.717, 1.165) is 38.5 Å². The highest BCUT2D eigenvalue weighted by molar-refractivity contribution is 7.45. The third-order valence-electron chi connectivity index (χ3n) is 19.0. The number of rotatable bonds is 76. The number of carbonyl (C=O) groups excluding carboxylic acids is 1. The Morgan fingerprint density at radius 1 is 0.386 bits per heavy atom. The van der Waals surface area contributed by atoms with Crippen molar-refractivity contribution in [2.45, 2.75) is 450 Å². The molecule has 8 nitrogen and oxygen atoms in total. The number of aliphatic hydroxyl groups excluding tert-OH is 1. The lowest BCUT2D eigenvalue weighted by atomic mass is 10.0. The number of hydrogen-bond acceptors (Lipinski definition) is 6. The summed E-state index contributed by atoms with van der Waals surface area (Å²) in [5.74, 6) is -0.185. The maximum Gasteiger partial charge on any atom is 0.268 e. The monoisotopic (exact) mass is 1260 g/mol. The zero-order valence-electron chi connectivity index (χ0n) is 60.5. The van der Waals surface area contributed by atoms with Crippen LogP contribution in [0.5, 0.6) is 0 Å². The number of carbonyl (C=O) groups is 1. The predicted octanol–water partition coefficient (Wildman–Crippen LogP) is 25.4. The number of hydrogen-bond donors (Lipinski definition) is 2. The molecule has 0 heterocycles. The van der Waals surface area contributed by atoms with Gasteiger partial charge in [-0.3, -0.25) is 9.36 Å². The van der Waals surface area contributed by atoms with Gasteiger partial charge in [0.15, 0.2) is 0 Å². The van der Waals surface area contributed by atoms with Gasteiger partial charge in [0.1, 0.15) is 13.2 Å². The number of aliphatic hydroxyl groups is 1. The molecule has 0 aliphatic rings. The van der Waals surface area contributed by atoms with E-state index in [1.165, 1.54) is 379 Å². The number of likely N-dealkylation sites (N-methyl/N-ethyl adjacent to an activating group) is 1. The highest BCUT2D eigenvalue weighted by Gasteiger charge is 2.23. The van der Waals surface area contributed by atoms with Crippen molar-refractivity contribution in [1.82, 2.24) is 5.32 Å². The fraction of sp³-hybridized carbons (Fsp3) is 0.962. The predicted molar refractivity (Wildman–Crippen MR) is 386 cm³/mol. The van der Waals surface area contributed by atoms with E-state index in [4.69, 9.17) is 9.05 Å². The van der Waals surface area contributed by atoms with Crippen molar-refractivity contribution >= 4 is 13.7 Å². The van der Waals surface area contributed by atoms with E-state index in [9.17, 15) is 19.4 Å². The minimum Gasteiger partial charge on any atom is -0.756 e. The molecule has 88 heavy (non-hydrogen) atoms. The minimum absolute atomic E-state index is 0.00317. The lowest BCUT2D eigenvalue weighted by molar-refractivity contribution is -0.870. The number of unbranched alkanes of at least 4 members (excludes halogenated alkanes) is 63. The quantitative estimate of drug-likeness (QED) is 0.0272. The van der Waals surface area contributed by atoms with Crippen LogP contribution in [0.3, 0.4) is 0 Å². The Kier molecular flexibility index (Phi) is 69.9. The molecule has 0 aliphatic heterocycles. The fourth-order valence-corrected chi connectivity index (χ4v) is 13.5. The van der Waals surface area contributed by atoms with E-state index in [-0.39, 0.29) is 19.1 Å². The molecule has 526 valence electrons.